The summed E-state index contributed by atoms with van der Waals surface area (Å²) in [5.74, 6) is 0.379. The molecule has 0 aromatic rings. The van der Waals surface area contributed by atoms with Crippen LogP contribution in [-0.2, 0) is 9.78 Å². The highest BCUT2D eigenvalue weighted by atomic mass is 17.2. The largest absolute Gasteiger partial charge is 0.390 e. The second-order valence-electron chi connectivity index (χ2n) is 4.55. The van der Waals surface area contributed by atoms with E-state index in [1.54, 1.807) is 0 Å². The van der Waals surface area contributed by atoms with E-state index >= 15 is 0 Å². The van der Waals surface area contributed by atoms with E-state index in [0.717, 1.165) is 19.3 Å². The van der Waals surface area contributed by atoms with Crippen LogP contribution in [0.2, 0.25) is 0 Å². The maximum atomic E-state index is 9.59. The first-order valence-electron chi connectivity index (χ1n) is 5.59. The van der Waals surface area contributed by atoms with Gasteiger partial charge in [0.1, 0.15) is 12.2 Å². The summed E-state index contributed by atoms with van der Waals surface area (Å²) in [5.41, 5.74) is -0.270. The minimum absolute atomic E-state index is 0.270. The summed E-state index contributed by atoms with van der Waals surface area (Å²) in [5, 5.41) is 9.59. The van der Waals surface area contributed by atoms with Crippen molar-refractivity contribution >= 4 is 0 Å². The Kier molecular flexibility index (Phi) is 4.35. The highest BCUT2D eigenvalue weighted by Gasteiger charge is 2.40. The summed E-state index contributed by atoms with van der Waals surface area (Å²) in [7, 11) is 0. The lowest BCUT2D eigenvalue weighted by molar-refractivity contribution is -0.409. The van der Waals surface area contributed by atoms with Crippen molar-refractivity contribution in [1.82, 2.24) is 0 Å². The number of rotatable bonds is 4. The van der Waals surface area contributed by atoms with Gasteiger partial charge in [-0.3, -0.25) is 0 Å². The van der Waals surface area contributed by atoms with E-state index in [-0.39, 0.29) is 11.7 Å². The summed E-state index contributed by atoms with van der Waals surface area (Å²) in [6.45, 7) is 6.71. The first-order chi connectivity index (χ1) is 6.60. The van der Waals surface area contributed by atoms with Crippen LogP contribution in [-0.4, -0.2) is 23.4 Å². The van der Waals surface area contributed by atoms with E-state index in [1.165, 1.54) is 0 Å². The van der Waals surface area contributed by atoms with Crippen LogP contribution in [0, 0.1) is 5.92 Å². The minimum Gasteiger partial charge on any atom is -0.390 e. The van der Waals surface area contributed by atoms with Crippen LogP contribution < -0.4 is 0 Å². The Hall–Kier alpha value is -0.120. The molecule has 1 aliphatic rings. The van der Waals surface area contributed by atoms with Gasteiger partial charge in [-0.2, -0.15) is 0 Å². The van der Waals surface area contributed by atoms with Crippen molar-refractivity contribution in [2.75, 3.05) is 6.61 Å². The molecule has 0 saturated carbocycles. The van der Waals surface area contributed by atoms with Crippen LogP contribution in [0.5, 0.6) is 0 Å². The summed E-state index contributed by atoms with van der Waals surface area (Å²) >= 11 is 0. The van der Waals surface area contributed by atoms with E-state index in [0.29, 0.717) is 18.9 Å². The molecule has 0 aromatic heterocycles. The van der Waals surface area contributed by atoms with Crippen LogP contribution in [0.15, 0.2) is 0 Å². The SMILES string of the molecule is CCCCC1(C(C)C)CC(O)COO1. The first kappa shape index (κ1) is 12.0. The predicted octanol–water partition coefficient (Wildman–Crippen LogP) is 2.28. The van der Waals surface area contributed by atoms with Gasteiger partial charge in [0.15, 0.2) is 0 Å². The van der Waals surface area contributed by atoms with Gasteiger partial charge in [0.25, 0.3) is 0 Å². The monoisotopic (exact) mass is 202 g/mol. The number of hydrogen-bond acceptors (Lipinski definition) is 3. The second kappa shape index (κ2) is 5.10. The van der Waals surface area contributed by atoms with Crippen LogP contribution in [0.4, 0.5) is 0 Å². The lowest BCUT2D eigenvalue weighted by Crippen LogP contribution is -2.47. The van der Waals surface area contributed by atoms with Crippen LogP contribution >= 0.6 is 0 Å². The van der Waals surface area contributed by atoms with Gasteiger partial charge in [0.2, 0.25) is 0 Å². The lowest BCUT2D eigenvalue weighted by Gasteiger charge is -2.40. The summed E-state index contributed by atoms with van der Waals surface area (Å²) in [4.78, 5) is 10.4. The Morgan fingerprint density at radius 1 is 1.50 bits per heavy atom. The number of hydrogen-bond donors (Lipinski definition) is 1. The summed E-state index contributed by atoms with van der Waals surface area (Å²) in [6, 6.07) is 0. The van der Waals surface area contributed by atoms with Crippen molar-refractivity contribution in [2.45, 2.75) is 58.2 Å². The molecule has 0 spiro atoms. The molecule has 0 radical (unpaired) electrons. The van der Waals surface area contributed by atoms with E-state index in [9.17, 15) is 5.11 Å². The zero-order valence-corrected chi connectivity index (χ0v) is 9.45. The smallest absolute Gasteiger partial charge is 0.108 e. The molecular weight excluding hydrogens is 180 g/mol. The third kappa shape index (κ3) is 2.69. The zero-order valence-electron chi connectivity index (χ0n) is 9.45. The fourth-order valence-corrected chi connectivity index (χ4v) is 1.96. The maximum Gasteiger partial charge on any atom is 0.108 e. The quantitative estimate of drug-likeness (QED) is 0.711. The van der Waals surface area contributed by atoms with E-state index in [1.807, 2.05) is 0 Å². The van der Waals surface area contributed by atoms with Gasteiger partial charge in [0, 0.05) is 6.42 Å². The third-order valence-electron chi connectivity index (χ3n) is 3.07. The van der Waals surface area contributed by atoms with Crippen molar-refractivity contribution in [3.63, 3.8) is 0 Å². The Morgan fingerprint density at radius 3 is 2.71 bits per heavy atom. The Balaban J connectivity index is 2.60. The average Bonchev–Trinajstić information content (AvgIpc) is 2.14. The van der Waals surface area contributed by atoms with Crippen LogP contribution in [0.25, 0.3) is 0 Å². The molecule has 1 rings (SSSR count). The highest BCUT2D eigenvalue weighted by molar-refractivity contribution is 4.87. The molecule has 1 saturated heterocycles. The van der Waals surface area contributed by atoms with Crippen LogP contribution in [0.1, 0.15) is 46.5 Å². The van der Waals surface area contributed by atoms with E-state index < -0.39 is 0 Å². The number of unbranched alkanes of at least 4 members (excludes halogenated alkanes) is 1. The van der Waals surface area contributed by atoms with E-state index in [4.69, 9.17) is 9.78 Å². The molecule has 1 aliphatic heterocycles. The number of aliphatic hydroxyl groups excluding tert-OH is 1. The fourth-order valence-electron chi connectivity index (χ4n) is 1.96. The molecule has 1 fully saturated rings. The molecule has 3 heteroatoms. The van der Waals surface area contributed by atoms with E-state index in [2.05, 4.69) is 20.8 Å². The predicted molar refractivity (Wildman–Crippen MR) is 54.8 cm³/mol. The van der Waals surface area contributed by atoms with Crippen molar-refractivity contribution in [2.24, 2.45) is 5.92 Å². The molecule has 0 aliphatic carbocycles. The molecule has 14 heavy (non-hydrogen) atoms. The van der Waals surface area contributed by atoms with Crippen molar-refractivity contribution in [3.05, 3.63) is 0 Å². The van der Waals surface area contributed by atoms with Gasteiger partial charge in [0.05, 0.1) is 6.10 Å². The maximum absolute atomic E-state index is 9.59. The highest BCUT2D eigenvalue weighted by Crippen LogP contribution is 2.35. The standard InChI is InChI=1S/C11H22O3/c1-4-5-6-11(9(2)3)7-10(12)8-13-14-11/h9-10,12H,4-8H2,1-3H3. The molecule has 0 bridgehead atoms. The van der Waals surface area contributed by atoms with Gasteiger partial charge in [-0.1, -0.05) is 33.6 Å². The molecule has 1 heterocycles. The Morgan fingerprint density at radius 2 is 2.21 bits per heavy atom. The molecule has 84 valence electrons. The Labute approximate surface area is 86.3 Å². The third-order valence-corrected chi connectivity index (χ3v) is 3.07. The van der Waals surface area contributed by atoms with Crippen molar-refractivity contribution in [3.8, 4) is 0 Å². The lowest BCUT2D eigenvalue weighted by atomic mass is 9.80. The normalized spacial score (nSPS) is 33.6. The van der Waals surface area contributed by atoms with Crippen molar-refractivity contribution in [1.29, 1.82) is 0 Å². The molecular formula is C11H22O3. The minimum atomic E-state index is -0.372. The molecule has 3 nitrogen and oxygen atoms in total. The summed E-state index contributed by atoms with van der Waals surface area (Å²) in [6.07, 6.45) is 3.56. The van der Waals surface area contributed by atoms with Gasteiger partial charge in [-0.25, -0.2) is 9.78 Å². The topological polar surface area (TPSA) is 38.7 Å². The molecule has 0 aromatic carbocycles. The molecule has 0 amide bonds. The average molecular weight is 202 g/mol. The van der Waals surface area contributed by atoms with Gasteiger partial charge >= 0.3 is 0 Å². The molecule has 2 unspecified atom stereocenters. The molecule has 2 atom stereocenters. The Bertz CT molecular complexity index is 170. The van der Waals surface area contributed by atoms with Crippen LogP contribution in [0.3, 0.4) is 0 Å². The summed E-state index contributed by atoms with van der Waals surface area (Å²) < 4.78 is 0. The fraction of sp³-hybridized carbons (Fsp3) is 1.00. The van der Waals surface area contributed by atoms with Crippen molar-refractivity contribution < 1.29 is 14.9 Å². The van der Waals surface area contributed by atoms with Gasteiger partial charge < -0.3 is 5.11 Å². The number of aliphatic hydroxyl groups is 1. The van der Waals surface area contributed by atoms with Gasteiger partial charge in [-0.05, 0) is 12.3 Å². The second-order valence-corrected chi connectivity index (χ2v) is 4.55. The van der Waals surface area contributed by atoms with Gasteiger partial charge in [-0.15, -0.1) is 0 Å². The first-order valence-corrected chi connectivity index (χ1v) is 5.59. The zero-order chi connectivity index (χ0) is 10.6. The molecule has 1 N–H and O–H groups in total.